The molecule has 3 rings (SSSR count). The Morgan fingerprint density at radius 3 is 2.07 bits per heavy atom. The molecule has 2 nitrogen and oxygen atoms in total. The Labute approximate surface area is 167 Å². The Morgan fingerprint density at radius 1 is 1.07 bits per heavy atom. The van der Waals surface area contributed by atoms with E-state index in [4.69, 9.17) is 0 Å². The van der Waals surface area contributed by atoms with Crippen LogP contribution in [-0.4, -0.2) is 11.8 Å². The summed E-state index contributed by atoms with van der Waals surface area (Å²) in [4.78, 5) is 4.69. The lowest BCUT2D eigenvalue weighted by atomic mass is 9.50. The molecule has 1 atom stereocenters. The number of allylic oxidation sites excluding steroid dienone is 5. The molecule has 2 heteroatoms. The van der Waals surface area contributed by atoms with Gasteiger partial charge in [0.1, 0.15) is 0 Å². The molecule has 0 aliphatic heterocycles. The minimum atomic E-state index is 0.420. The van der Waals surface area contributed by atoms with Crippen molar-refractivity contribution in [3.63, 3.8) is 0 Å². The maximum absolute atomic E-state index is 4.69. The fraction of sp³-hybridized carbons (Fsp3) is 0.640. The van der Waals surface area contributed by atoms with Crippen molar-refractivity contribution in [1.29, 1.82) is 0 Å². The van der Waals surface area contributed by atoms with Gasteiger partial charge in [0, 0.05) is 23.1 Å². The second-order valence-electron chi connectivity index (χ2n) is 8.98. The van der Waals surface area contributed by atoms with Gasteiger partial charge in [-0.15, -0.1) is 0 Å². The smallest absolute Gasteiger partial charge is 0.0407 e. The SMILES string of the molecule is C=C(NC(C)C12CCC(C(=C)C)(CC1)CC2)/C(C)=C/C(CC)=N\C(C)=C\C. The number of hydrogen-bond acceptors (Lipinski definition) is 2. The van der Waals surface area contributed by atoms with E-state index in [1.807, 2.05) is 19.9 Å². The van der Waals surface area contributed by atoms with Crippen LogP contribution in [-0.2, 0) is 0 Å². The third kappa shape index (κ3) is 4.65. The summed E-state index contributed by atoms with van der Waals surface area (Å²) in [6.45, 7) is 21.6. The van der Waals surface area contributed by atoms with Gasteiger partial charge < -0.3 is 5.32 Å². The maximum atomic E-state index is 4.69. The van der Waals surface area contributed by atoms with Gasteiger partial charge in [0.15, 0.2) is 0 Å². The van der Waals surface area contributed by atoms with Crippen LogP contribution in [0.15, 0.2) is 52.8 Å². The van der Waals surface area contributed by atoms with Gasteiger partial charge in [0.2, 0.25) is 0 Å². The number of aliphatic imine (C=N–C) groups is 1. The second kappa shape index (κ2) is 8.63. The number of nitrogens with one attached hydrogen (secondary N) is 1. The molecule has 0 radical (unpaired) electrons. The lowest BCUT2D eigenvalue weighted by molar-refractivity contribution is -0.00664. The van der Waals surface area contributed by atoms with Crippen molar-refractivity contribution in [3.05, 3.63) is 47.9 Å². The Hall–Kier alpha value is -1.57. The van der Waals surface area contributed by atoms with Crippen LogP contribution in [0.1, 0.15) is 86.5 Å². The van der Waals surface area contributed by atoms with Crippen LogP contribution in [0.25, 0.3) is 0 Å². The monoisotopic (exact) mass is 368 g/mol. The Kier molecular flexibility index (Phi) is 6.94. The van der Waals surface area contributed by atoms with Gasteiger partial charge in [-0.25, -0.2) is 0 Å². The van der Waals surface area contributed by atoms with Crippen LogP contribution in [0.2, 0.25) is 0 Å². The normalized spacial score (nSPS) is 30.2. The summed E-state index contributed by atoms with van der Waals surface area (Å²) in [5, 5.41) is 3.75. The van der Waals surface area contributed by atoms with Crippen molar-refractivity contribution in [2.24, 2.45) is 15.8 Å². The van der Waals surface area contributed by atoms with Crippen molar-refractivity contribution in [2.45, 2.75) is 92.5 Å². The average Bonchev–Trinajstić information content (AvgIpc) is 2.68. The standard InChI is InChI=1S/C25H40N2/c1-9-20(6)26-23(10-2)17-19(5)21(7)27-22(8)25-14-11-24(12-15-25,13-16-25)18(3)4/h9,17,22,27H,3,7,10-16H2,1-2,4-6,8H3/b19-17+,20-9+,26-23-. The van der Waals surface area contributed by atoms with Crippen LogP contribution in [0.5, 0.6) is 0 Å². The van der Waals surface area contributed by atoms with E-state index in [-0.39, 0.29) is 0 Å². The molecule has 3 saturated carbocycles. The van der Waals surface area contributed by atoms with Gasteiger partial charge in [-0.1, -0.05) is 31.7 Å². The van der Waals surface area contributed by atoms with Crippen LogP contribution in [0.4, 0.5) is 0 Å². The summed E-state index contributed by atoms with van der Waals surface area (Å²) >= 11 is 0. The molecule has 1 unspecified atom stereocenters. The van der Waals surface area contributed by atoms with Crippen LogP contribution >= 0.6 is 0 Å². The molecule has 0 amide bonds. The van der Waals surface area contributed by atoms with E-state index < -0.39 is 0 Å². The van der Waals surface area contributed by atoms with Gasteiger partial charge in [0.05, 0.1) is 0 Å². The van der Waals surface area contributed by atoms with E-state index in [0.29, 0.717) is 16.9 Å². The molecule has 150 valence electrons. The minimum absolute atomic E-state index is 0.420. The summed E-state index contributed by atoms with van der Waals surface area (Å²) in [6, 6.07) is 0.455. The molecule has 3 fully saturated rings. The van der Waals surface area contributed by atoms with Crippen LogP contribution in [0, 0.1) is 10.8 Å². The van der Waals surface area contributed by atoms with Gasteiger partial charge in [-0.2, -0.15) is 0 Å². The topological polar surface area (TPSA) is 24.4 Å². The van der Waals surface area contributed by atoms with E-state index in [1.165, 1.54) is 49.7 Å². The first-order chi connectivity index (χ1) is 12.7. The highest BCUT2D eigenvalue weighted by molar-refractivity contribution is 5.96. The van der Waals surface area contributed by atoms with Crippen molar-refractivity contribution >= 4 is 5.71 Å². The Bertz CT molecular complexity index is 650. The van der Waals surface area contributed by atoms with Crippen molar-refractivity contribution in [2.75, 3.05) is 0 Å². The van der Waals surface area contributed by atoms with E-state index >= 15 is 0 Å². The highest BCUT2D eigenvalue weighted by atomic mass is 14.9. The zero-order chi connectivity index (χ0) is 20.2. The van der Waals surface area contributed by atoms with Crippen molar-refractivity contribution < 1.29 is 0 Å². The molecule has 3 aliphatic rings. The summed E-state index contributed by atoms with van der Waals surface area (Å²) in [6.07, 6.45) is 13.0. The van der Waals surface area contributed by atoms with Gasteiger partial charge in [0.25, 0.3) is 0 Å². The molecule has 0 spiro atoms. The van der Waals surface area contributed by atoms with Crippen molar-refractivity contribution in [3.8, 4) is 0 Å². The lowest BCUT2D eigenvalue weighted by Gasteiger charge is -2.56. The fourth-order valence-electron chi connectivity index (χ4n) is 4.87. The maximum Gasteiger partial charge on any atom is 0.0407 e. The number of nitrogens with zero attached hydrogens (tertiary/aromatic N) is 1. The second-order valence-corrected chi connectivity index (χ2v) is 8.98. The van der Waals surface area contributed by atoms with Gasteiger partial charge in [-0.3, -0.25) is 4.99 Å². The van der Waals surface area contributed by atoms with Gasteiger partial charge in [-0.05, 0) is 102 Å². The lowest BCUT2D eigenvalue weighted by Crippen LogP contribution is -2.51. The predicted molar refractivity (Wildman–Crippen MR) is 120 cm³/mol. The molecular weight excluding hydrogens is 328 g/mol. The number of hydrogen-bond donors (Lipinski definition) is 1. The van der Waals surface area contributed by atoms with E-state index in [0.717, 1.165) is 23.5 Å². The third-order valence-corrected chi connectivity index (χ3v) is 7.48. The zero-order valence-electron chi connectivity index (χ0n) is 18.5. The highest BCUT2D eigenvalue weighted by Crippen LogP contribution is 2.60. The summed E-state index contributed by atoms with van der Waals surface area (Å²) in [5.41, 5.74) is 6.66. The molecule has 1 N–H and O–H groups in total. The fourth-order valence-corrected chi connectivity index (χ4v) is 4.87. The molecule has 0 aromatic rings. The molecule has 3 aliphatic carbocycles. The van der Waals surface area contributed by atoms with E-state index in [9.17, 15) is 0 Å². The predicted octanol–water partition coefficient (Wildman–Crippen LogP) is 7.12. The zero-order valence-corrected chi connectivity index (χ0v) is 18.5. The molecular formula is C25H40N2. The van der Waals surface area contributed by atoms with Crippen molar-refractivity contribution in [1.82, 2.24) is 5.32 Å². The molecule has 2 bridgehead atoms. The highest BCUT2D eigenvalue weighted by Gasteiger charge is 2.51. The minimum Gasteiger partial charge on any atom is -0.382 e. The average molecular weight is 369 g/mol. The third-order valence-electron chi connectivity index (χ3n) is 7.48. The summed E-state index contributed by atoms with van der Waals surface area (Å²) in [7, 11) is 0. The van der Waals surface area contributed by atoms with Crippen LogP contribution in [0.3, 0.4) is 0 Å². The first-order valence-electron chi connectivity index (χ1n) is 10.7. The summed E-state index contributed by atoms with van der Waals surface area (Å²) < 4.78 is 0. The van der Waals surface area contributed by atoms with E-state index in [1.54, 1.807) is 0 Å². The van der Waals surface area contributed by atoms with E-state index in [2.05, 4.69) is 57.2 Å². The Morgan fingerprint density at radius 2 is 1.63 bits per heavy atom. The number of rotatable bonds is 8. The summed E-state index contributed by atoms with van der Waals surface area (Å²) in [5.74, 6) is 0. The quantitative estimate of drug-likeness (QED) is 0.275. The Balaban J connectivity index is 2.04. The molecule has 0 aromatic carbocycles. The first kappa shape index (κ1) is 21.7. The first-order valence-corrected chi connectivity index (χ1v) is 10.7. The van der Waals surface area contributed by atoms with Crippen LogP contribution < -0.4 is 5.32 Å². The molecule has 0 saturated heterocycles. The molecule has 27 heavy (non-hydrogen) atoms. The number of fused-ring (bicyclic) bond motifs is 3. The largest absolute Gasteiger partial charge is 0.382 e. The molecule has 0 aromatic heterocycles. The van der Waals surface area contributed by atoms with Gasteiger partial charge >= 0.3 is 0 Å². The molecule has 0 heterocycles.